The van der Waals surface area contributed by atoms with E-state index in [1.54, 1.807) is 6.92 Å². The highest BCUT2D eigenvalue weighted by Gasteiger charge is 2.17. The first-order valence-corrected chi connectivity index (χ1v) is 5.57. The molecule has 0 heterocycles. The minimum atomic E-state index is -0.834. The van der Waals surface area contributed by atoms with Crippen LogP contribution in [0.4, 0.5) is 0 Å². The number of aliphatic hydroxyl groups is 1. The molecule has 0 aliphatic heterocycles. The summed E-state index contributed by atoms with van der Waals surface area (Å²) in [5, 5.41) is 9.69. The summed E-state index contributed by atoms with van der Waals surface area (Å²) >= 11 is 0. The van der Waals surface area contributed by atoms with Crippen molar-refractivity contribution in [3.05, 3.63) is 29.3 Å². The van der Waals surface area contributed by atoms with Gasteiger partial charge in [-0.25, -0.2) is 0 Å². The van der Waals surface area contributed by atoms with Crippen LogP contribution in [-0.2, 0) is 0 Å². The van der Waals surface area contributed by atoms with E-state index in [2.05, 4.69) is 13.8 Å². The molecule has 0 aliphatic rings. The molecule has 0 fully saturated rings. The number of ether oxygens (including phenoxy) is 1. The van der Waals surface area contributed by atoms with E-state index in [-0.39, 0.29) is 6.54 Å². The van der Waals surface area contributed by atoms with Gasteiger partial charge in [-0.1, -0.05) is 6.07 Å². The minimum Gasteiger partial charge on any atom is -0.493 e. The Hall–Kier alpha value is -1.06. The Morgan fingerprint density at radius 3 is 2.56 bits per heavy atom. The van der Waals surface area contributed by atoms with E-state index in [1.807, 2.05) is 18.2 Å². The summed E-state index contributed by atoms with van der Waals surface area (Å²) in [6.45, 7) is 6.57. The predicted molar refractivity (Wildman–Crippen MR) is 65.7 cm³/mol. The molecule has 0 aliphatic carbocycles. The van der Waals surface area contributed by atoms with E-state index in [0.717, 1.165) is 5.75 Å². The van der Waals surface area contributed by atoms with E-state index in [9.17, 15) is 5.11 Å². The molecule has 1 atom stereocenters. The maximum atomic E-state index is 9.69. The fourth-order valence-electron chi connectivity index (χ4n) is 1.29. The Morgan fingerprint density at radius 2 is 2.00 bits per heavy atom. The molecule has 3 nitrogen and oxygen atoms in total. The Bertz CT molecular complexity index is 348. The van der Waals surface area contributed by atoms with Crippen LogP contribution >= 0.6 is 0 Å². The van der Waals surface area contributed by atoms with Gasteiger partial charge in [-0.05, 0) is 44.0 Å². The van der Waals surface area contributed by atoms with E-state index >= 15 is 0 Å². The summed E-state index contributed by atoms with van der Waals surface area (Å²) < 4.78 is 5.56. The van der Waals surface area contributed by atoms with Crippen molar-refractivity contribution in [2.24, 2.45) is 5.73 Å². The lowest BCUT2D eigenvalue weighted by molar-refractivity contribution is 0.0453. The van der Waals surface area contributed by atoms with Crippen molar-refractivity contribution in [2.45, 2.75) is 32.8 Å². The van der Waals surface area contributed by atoms with Gasteiger partial charge in [0.1, 0.15) is 5.75 Å². The average molecular weight is 223 g/mol. The lowest BCUT2D eigenvalue weighted by Gasteiger charge is -2.20. The van der Waals surface area contributed by atoms with Crippen molar-refractivity contribution >= 4 is 0 Å². The zero-order chi connectivity index (χ0) is 12.2. The smallest absolute Gasteiger partial charge is 0.119 e. The van der Waals surface area contributed by atoms with Crippen molar-refractivity contribution in [1.82, 2.24) is 0 Å². The van der Waals surface area contributed by atoms with Crippen LogP contribution in [0.5, 0.6) is 5.75 Å². The highest BCUT2D eigenvalue weighted by atomic mass is 16.5. The molecular formula is C13H21NO2. The van der Waals surface area contributed by atoms with Gasteiger partial charge in [-0.2, -0.15) is 0 Å². The zero-order valence-electron chi connectivity index (χ0n) is 10.3. The van der Waals surface area contributed by atoms with Gasteiger partial charge in [-0.15, -0.1) is 0 Å². The molecule has 3 N–H and O–H groups in total. The van der Waals surface area contributed by atoms with Gasteiger partial charge < -0.3 is 15.6 Å². The van der Waals surface area contributed by atoms with Gasteiger partial charge in [-0.3, -0.25) is 0 Å². The second-order valence-corrected chi connectivity index (χ2v) is 4.55. The van der Waals surface area contributed by atoms with Crippen LogP contribution in [0.25, 0.3) is 0 Å². The first-order chi connectivity index (χ1) is 7.44. The Labute approximate surface area is 97.2 Å². The Kier molecular flexibility index (Phi) is 4.33. The van der Waals surface area contributed by atoms with Gasteiger partial charge in [0.25, 0.3) is 0 Å². The molecular weight excluding hydrogens is 202 g/mol. The molecule has 1 rings (SSSR count). The van der Waals surface area contributed by atoms with Crippen LogP contribution in [0, 0.1) is 13.8 Å². The highest BCUT2D eigenvalue weighted by Crippen LogP contribution is 2.17. The summed E-state index contributed by atoms with van der Waals surface area (Å²) in [5.74, 6) is 0.843. The molecule has 0 spiro atoms. The van der Waals surface area contributed by atoms with Gasteiger partial charge in [0.2, 0.25) is 0 Å². The molecule has 0 radical (unpaired) electrons. The van der Waals surface area contributed by atoms with Crippen molar-refractivity contribution in [3.63, 3.8) is 0 Å². The number of hydrogen-bond donors (Lipinski definition) is 2. The molecule has 0 saturated heterocycles. The molecule has 0 aromatic heterocycles. The third kappa shape index (κ3) is 3.83. The van der Waals surface area contributed by atoms with E-state index in [0.29, 0.717) is 13.0 Å². The fourth-order valence-corrected chi connectivity index (χ4v) is 1.29. The molecule has 16 heavy (non-hydrogen) atoms. The second kappa shape index (κ2) is 5.32. The molecule has 1 aromatic rings. The summed E-state index contributed by atoms with van der Waals surface area (Å²) in [6, 6.07) is 5.98. The molecule has 90 valence electrons. The monoisotopic (exact) mass is 223 g/mol. The maximum absolute atomic E-state index is 9.69. The Morgan fingerprint density at radius 1 is 1.31 bits per heavy atom. The van der Waals surface area contributed by atoms with Crippen LogP contribution in [0.15, 0.2) is 18.2 Å². The SMILES string of the molecule is Cc1ccc(OCCC(C)(O)CN)cc1C. The molecule has 3 heteroatoms. The van der Waals surface area contributed by atoms with Crippen LogP contribution in [-0.4, -0.2) is 23.9 Å². The minimum absolute atomic E-state index is 0.253. The first kappa shape index (κ1) is 13.0. The third-order valence-electron chi connectivity index (χ3n) is 2.83. The largest absolute Gasteiger partial charge is 0.493 e. The topological polar surface area (TPSA) is 55.5 Å². The van der Waals surface area contributed by atoms with Crippen LogP contribution in [0.1, 0.15) is 24.5 Å². The van der Waals surface area contributed by atoms with E-state index in [1.165, 1.54) is 11.1 Å². The van der Waals surface area contributed by atoms with Crippen LogP contribution in [0.2, 0.25) is 0 Å². The van der Waals surface area contributed by atoms with E-state index in [4.69, 9.17) is 10.5 Å². The predicted octanol–water partition coefficient (Wildman–Crippen LogP) is 1.78. The van der Waals surface area contributed by atoms with Crippen LogP contribution in [0.3, 0.4) is 0 Å². The lowest BCUT2D eigenvalue weighted by atomic mass is 10.0. The van der Waals surface area contributed by atoms with E-state index < -0.39 is 5.60 Å². The second-order valence-electron chi connectivity index (χ2n) is 4.55. The molecule has 1 aromatic carbocycles. The number of aryl methyl sites for hydroxylation is 2. The summed E-state index contributed by atoms with van der Waals surface area (Å²) in [4.78, 5) is 0. The van der Waals surface area contributed by atoms with Crippen LogP contribution < -0.4 is 10.5 Å². The number of nitrogens with two attached hydrogens (primary N) is 1. The molecule has 0 saturated carbocycles. The van der Waals surface area contributed by atoms with Crippen molar-refractivity contribution in [2.75, 3.05) is 13.2 Å². The third-order valence-corrected chi connectivity index (χ3v) is 2.83. The summed E-state index contributed by atoms with van der Waals surface area (Å²) in [6.07, 6.45) is 0.538. The van der Waals surface area contributed by atoms with Crippen molar-refractivity contribution in [3.8, 4) is 5.75 Å². The average Bonchev–Trinajstić information content (AvgIpc) is 2.23. The zero-order valence-corrected chi connectivity index (χ0v) is 10.3. The number of hydrogen-bond acceptors (Lipinski definition) is 3. The normalized spacial score (nSPS) is 14.6. The summed E-state index contributed by atoms with van der Waals surface area (Å²) in [5.41, 5.74) is 7.05. The van der Waals surface area contributed by atoms with Crippen molar-refractivity contribution in [1.29, 1.82) is 0 Å². The quantitative estimate of drug-likeness (QED) is 0.800. The number of rotatable bonds is 5. The van der Waals surface area contributed by atoms with Crippen molar-refractivity contribution < 1.29 is 9.84 Å². The molecule has 0 amide bonds. The van der Waals surface area contributed by atoms with Gasteiger partial charge in [0.05, 0.1) is 12.2 Å². The van der Waals surface area contributed by atoms with Gasteiger partial charge in [0, 0.05) is 13.0 Å². The van der Waals surface area contributed by atoms with Gasteiger partial charge in [0.15, 0.2) is 0 Å². The Balaban J connectivity index is 2.46. The highest BCUT2D eigenvalue weighted by molar-refractivity contribution is 5.33. The standard InChI is InChI=1S/C13H21NO2/c1-10-4-5-12(8-11(10)2)16-7-6-13(3,15)9-14/h4-5,8,15H,6-7,9,14H2,1-3H3. The maximum Gasteiger partial charge on any atom is 0.119 e. The lowest BCUT2D eigenvalue weighted by Crippen LogP contribution is -2.35. The van der Waals surface area contributed by atoms with Gasteiger partial charge >= 0.3 is 0 Å². The molecule has 0 bridgehead atoms. The number of benzene rings is 1. The summed E-state index contributed by atoms with van der Waals surface area (Å²) in [7, 11) is 0. The first-order valence-electron chi connectivity index (χ1n) is 5.57. The fraction of sp³-hybridized carbons (Fsp3) is 0.538. The molecule has 1 unspecified atom stereocenters.